The molecule has 0 amide bonds. The molecular weight excluding hydrogens is 270 g/mol. The predicted molar refractivity (Wildman–Crippen MR) is 76.9 cm³/mol. The van der Waals surface area contributed by atoms with Crippen LogP contribution in [0.4, 0.5) is 8.78 Å². The second kappa shape index (κ2) is 5.87. The molecule has 1 unspecified atom stereocenters. The van der Waals surface area contributed by atoms with E-state index in [1.165, 1.54) is 18.2 Å². The highest BCUT2D eigenvalue weighted by atomic mass is 19.1. The first kappa shape index (κ1) is 13.5. The van der Waals surface area contributed by atoms with E-state index in [4.69, 9.17) is 0 Å². The monoisotopic (exact) mass is 284 g/mol. The first-order valence-corrected chi connectivity index (χ1v) is 6.71. The number of aromatic nitrogens is 2. The fourth-order valence-electron chi connectivity index (χ4n) is 2.48. The maximum atomic E-state index is 14.1. The Morgan fingerprint density at radius 3 is 2.43 bits per heavy atom. The molecule has 21 heavy (non-hydrogen) atoms. The van der Waals surface area contributed by atoms with Crippen LogP contribution in [0.1, 0.15) is 22.7 Å². The molecule has 1 N–H and O–H groups in total. The van der Waals surface area contributed by atoms with Crippen LogP contribution in [0.15, 0.2) is 61.1 Å². The molecule has 106 valence electrons. The van der Waals surface area contributed by atoms with Crippen molar-refractivity contribution in [3.8, 4) is 0 Å². The van der Waals surface area contributed by atoms with Crippen LogP contribution in [0.25, 0.3) is 0 Å². The minimum absolute atomic E-state index is 0.188. The highest BCUT2D eigenvalue weighted by Crippen LogP contribution is 2.29. The van der Waals surface area contributed by atoms with Gasteiger partial charge >= 0.3 is 0 Å². The van der Waals surface area contributed by atoms with E-state index in [9.17, 15) is 8.78 Å². The molecule has 0 spiro atoms. The zero-order valence-electron chi connectivity index (χ0n) is 11.3. The molecule has 0 fully saturated rings. The summed E-state index contributed by atoms with van der Waals surface area (Å²) in [6.45, 7) is 0. The zero-order valence-corrected chi connectivity index (χ0v) is 11.3. The molecule has 4 heteroatoms. The zero-order chi connectivity index (χ0) is 14.7. The van der Waals surface area contributed by atoms with Crippen molar-refractivity contribution in [2.24, 2.45) is 0 Å². The van der Waals surface area contributed by atoms with Crippen molar-refractivity contribution < 1.29 is 8.78 Å². The number of aromatic amines is 1. The van der Waals surface area contributed by atoms with E-state index in [0.29, 0.717) is 12.0 Å². The number of nitrogens with zero attached hydrogens (tertiary/aromatic N) is 1. The lowest BCUT2D eigenvalue weighted by Gasteiger charge is -2.18. The Bertz CT molecular complexity index is 706. The number of imidazole rings is 1. The lowest BCUT2D eigenvalue weighted by Crippen LogP contribution is -2.07. The molecule has 0 saturated heterocycles. The Hall–Kier alpha value is -2.49. The van der Waals surface area contributed by atoms with Crippen LogP contribution in [-0.4, -0.2) is 9.97 Å². The van der Waals surface area contributed by atoms with Crippen molar-refractivity contribution in [3.63, 3.8) is 0 Å². The van der Waals surface area contributed by atoms with E-state index in [1.807, 2.05) is 6.07 Å². The van der Waals surface area contributed by atoms with Gasteiger partial charge in [0, 0.05) is 24.2 Å². The maximum absolute atomic E-state index is 14.1. The molecule has 2 nitrogen and oxygen atoms in total. The molecule has 0 bridgehead atoms. The highest BCUT2D eigenvalue weighted by molar-refractivity contribution is 5.34. The van der Waals surface area contributed by atoms with E-state index in [-0.39, 0.29) is 17.6 Å². The van der Waals surface area contributed by atoms with Crippen LogP contribution in [0.3, 0.4) is 0 Å². The molecule has 3 rings (SSSR count). The van der Waals surface area contributed by atoms with Crippen LogP contribution in [0.2, 0.25) is 0 Å². The largest absolute Gasteiger partial charge is 0.348 e. The summed E-state index contributed by atoms with van der Waals surface area (Å²) in [5, 5.41) is 0. The van der Waals surface area contributed by atoms with Gasteiger partial charge in [-0.2, -0.15) is 0 Å². The Morgan fingerprint density at radius 1 is 1.00 bits per heavy atom. The molecule has 3 aromatic rings. The third kappa shape index (κ3) is 2.99. The van der Waals surface area contributed by atoms with Crippen LogP contribution >= 0.6 is 0 Å². The second-order valence-electron chi connectivity index (χ2n) is 4.91. The van der Waals surface area contributed by atoms with E-state index >= 15 is 0 Å². The standard InChI is InChI=1S/C17H14F2N2/c18-13-7-5-12(6-8-13)16(9-14-10-20-11-21-14)15-3-1-2-4-17(15)19/h1-8,10-11,16H,9H2,(H,20,21). The van der Waals surface area contributed by atoms with Crippen LogP contribution in [0, 0.1) is 11.6 Å². The topological polar surface area (TPSA) is 28.7 Å². The van der Waals surface area contributed by atoms with Gasteiger partial charge in [-0.05, 0) is 29.3 Å². The number of H-pyrrole nitrogens is 1. The van der Waals surface area contributed by atoms with Gasteiger partial charge in [-0.25, -0.2) is 13.8 Å². The molecule has 1 atom stereocenters. The third-order valence-electron chi connectivity index (χ3n) is 3.53. The number of nitrogens with one attached hydrogen (secondary N) is 1. The summed E-state index contributed by atoms with van der Waals surface area (Å²) in [7, 11) is 0. The highest BCUT2D eigenvalue weighted by Gasteiger charge is 2.19. The van der Waals surface area contributed by atoms with Crippen LogP contribution in [0.5, 0.6) is 0 Å². The molecule has 0 radical (unpaired) electrons. The fraction of sp³-hybridized carbons (Fsp3) is 0.118. The van der Waals surface area contributed by atoms with Gasteiger partial charge in [0.05, 0.1) is 6.33 Å². The van der Waals surface area contributed by atoms with Crippen molar-refractivity contribution in [2.45, 2.75) is 12.3 Å². The number of benzene rings is 2. The van der Waals surface area contributed by atoms with Crippen molar-refractivity contribution in [2.75, 3.05) is 0 Å². The molecule has 0 aliphatic heterocycles. The maximum Gasteiger partial charge on any atom is 0.127 e. The Balaban J connectivity index is 2.02. The summed E-state index contributed by atoms with van der Waals surface area (Å²) < 4.78 is 27.3. The normalized spacial score (nSPS) is 12.3. The number of rotatable bonds is 4. The molecule has 1 heterocycles. The SMILES string of the molecule is Fc1ccc(C(Cc2cnc[nH]2)c2ccccc2F)cc1. The first-order chi connectivity index (χ1) is 10.2. The summed E-state index contributed by atoms with van der Waals surface area (Å²) in [4.78, 5) is 7.02. The molecule has 0 aliphatic carbocycles. The third-order valence-corrected chi connectivity index (χ3v) is 3.53. The Labute approximate surface area is 121 Å². The van der Waals surface area contributed by atoms with Gasteiger partial charge in [-0.1, -0.05) is 30.3 Å². The quantitative estimate of drug-likeness (QED) is 0.769. The summed E-state index contributed by atoms with van der Waals surface area (Å²) in [5.41, 5.74) is 2.38. The van der Waals surface area contributed by atoms with Crippen molar-refractivity contribution in [1.82, 2.24) is 9.97 Å². The molecule has 2 aromatic carbocycles. The molecule has 0 saturated carbocycles. The average molecular weight is 284 g/mol. The average Bonchev–Trinajstić information content (AvgIpc) is 3.00. The second-order valence-corrected chi connectivity index (χ2v) is 4.91. The van der Waals surface area contributed by atoms with Crippen LogP contribution in [-0.2, 0) is 6.42 Å². The van der Waals surface area contributed by atoms with Gasteiger partial charge in [-0.3, -0.25) is 0 Å². The van der Waals surface area contributed by atoms with E-state index < -0.39 is 0 Å². The minimum Gasteiger partial charge on any atom is -0.348 e. The molecule has 0 aliphatic rings. The summed E-state index contributed by atoms with van der Waals surface area (Å²) in [6.07, 6.45) is 3.89. The van der Waals surface area contributed by atoms with E-state index in [2.05, 4.69) is 9.97 Å². The first-order valence-electron chi connectivity index (χ1n) is 6.71. The number of hydrogen-bond donors (Lipinski definition) is 1. The van der Waals surface area contributed by atoms with Gasteiger partial charge in [0.2, 0.25) is 0 Å². The molecular formula is C17H14F2N2. The minimum atomic E-state index is -0.299. The van der Waals surface area contributed by atoms with E-state index in [1.54, 1.807) is 36.8 Å². The number of hydrogen-bond acceptors (Lipinski definition) is 1. The van der Waals surface area contributed by atoms with Crippen molar-refractivity contribution in [1.29, 1.82) is 0 Å². The van der Waals surface area contributed by atoms with Gasteiger partial charge in [0.25, 0.3) is 0 Å². The smallest absolute Gasteiger partial charge is 0.127 e. The predicted octanol–water partition coefficient (Wildman–Crippen LogP) is 4.06. The summed E-state index contributed by atoms with van der Waals surface area (Å²) in [6, 6.07) is 12.9. The van der Waals surface area contributed by atoms with Crippen LogP contribution < -0.4 is 0 Å². The Morgan fingerprint density at radius 2 is 1.76 bits per heavy atom. The van der Waals surface area contributed by atoms with Gasteiger partial charge in [0.1, 0.15) is 11.6 Å². The van der Waals surface area contributed by atoms with Crippen molar-refractivity contribution in [3.05, 3.63) is 89.5 Å². The lowest BCUT2D eigenvalue weighted by atomic mass is 9.87. The summed E-state index contributed by atoms with van der Waals surface area (Å²) in [5.74, 6) is -0.744. The van der Waals surface area contributed by atoms with Gasteiger partial charge in [0.15, 0.2) is 0 Å². The van der Waals surface area contributed by atoms with E-state index in [0.717, 1.165) is 11.3 Å². The van der Waals surface area contributed by atoms with Gasteiger partial charge in [-0.15, -0.1) is 0 Å². The van der Waals surface area contributed by atoms with Crippen molar-refractivity contribution >= 4 is 0 Å². The Kier molecular flexibility index (Phi) is 3.77. The number of halogens is 2. The molecule has 1 aromatic heterocycles. The van der Waals surface area contributed by atoms with Gasteiger partial charge < -0.3 is 4.98 Å². The fourth-order valence-corrected chi connectivity index (χ4v) is 2.48. The lowest BCUT2D eigenvalue weighted by molar-refractivity contribution is 0.593. The summed E-state index contributed by atoms with van der Waals surface area (Å²) >= 11 is 0.